The Bertz CT molecular complexity index is 232. The van der Waals surface area contributed by atoms with Gasteiger partial charge in [-0.05, 0) is 6.42 Å². The van der Waals surface area contributed by atoms with Gasteiger partial charge in [-0.15, -0.1) is 0 Å². The predicted octanol–water partition coefficient (Wildman–Crippen LogP) is -0.398. The van der Waals surface area contributed by atoms with E-state index in [9.17, 15) is 4.79 Å². The van der Waals surface area contributed by atoms with Gasteiger partial charge >= 0.3 is 5.97 Å². The quantitative estimate of drug-likeness (QED) is 0.409. The summed E-state index contributed by atoms with van der Waals surface area (Å²) in [7, 11) is 5.89. The Labute approximate surface area is 77.9 Å². The van der Waals surface area contributed by atoms with E-state index in [0.29, 0.717) is 19.6 Å². The topological polar surface area (TPSA) is 44.8 Å². The van der Waals surface area contributed by atoms with Crippen molar-refractivity contribution in [3.8, 4) is 0 Å². The monoisotopic (exact) mass is 182 g/mol. The van der Waals surface area contributed by atoms with Crippen LogP contribution in [0.4, 0.5) is 0 Å². The van der Waals surface area contributed by atoms with Crippen LogP contribution in [0.5, 0.6) is 0 Å². The summed E-state index contributed by atoms with van der Waals surface area (Å²) in [5, 5.41) is 0. The number of rotatable bonds is 1. The van der Waals surface area contributed by atoms with Crippen molar-refractivity contribution in [3.05, 3.63) is 0 Å². The molecule has 0 aliphatic carbocycles. The Balaban J connectivity index is 2.05. The van der Waals surface area contributed by atoms with Gasteiger partial charge in [-0.3, -0.25) is 4.79 Å². The molecule has 2 saturated heterocycles. The number of carbonyl (C=O) groups is 1. The van der Waals surface area contributed by atoms with Crippen LogP contribution in [0.25, 0.3) is 0 Å². The molecule has 4 nitrogen and oxygen atoms in total. The standard InChI is InChI=1S/C8H11BO4/c1-5(10)13-6-4-12-8(9)2-3-11-7(6)8/h6-7H,2-4H2,1H3/t6-,7+,8+/m0/s1. The molecule has 0 aromatic carbocycles. The predicted molar refractivity (Wildman–Crippen MR) is 44.3 cm³/mol. The molecule has 0 unspecified atom stereocenters. The van der Waals surface area contributed by atoms with Gasteiger partial charge in [0.25, 0.3) is 0 Å². The van der Waals surface area contributed by atoms with Crippen molar-refractivity contribution in [2.45, 2.75) is 31.1 Å². The van der Waals surface area contributed by atoms with Crippen LogP contribution in [-0.4, -0.2) is 44.7 Å². The molecular formula is C8H11BO4. The third kappa shape index (κ3) is 1.46. The molecule has 0 saturated carbocycles. The average molecular weight is 182 g/mol. The average Bonchev–Trinajstić information content (AvgIpc) is 2.50. The summed E-state index contributed by atoms with van der Waals surface area (Å²) < 4.78 is 15.7. The first-order valence-electron chi connectivity index (χ1n) is 4.33. The Morgan fingerprint density at radius 2 is 2.46 bits per heavy atom. The van der Waals surface area contributed by atoms with E-state index in [2.05, 4.69) is 0 Å². The van der Waals surface area contributed by atoms with Crippen molar-refractivity contribution >= 4 is 13.8 Å². The van der Waals surface area contributed by atoms with Gasteiger partial charge in [-0.25, -0.2) is 0 Å². The largest absolute Gasteiger partial charge is 0.457 e. The maximum absolute atomic E-state index is 10.7. The van der Waals surface area contributed by atoms with Crippen molar-refractivity contribution < 1.29 is 19.0 Å². The summed E-state index contributed by atoms with van der Waals surface area (Å²) in [6.07, 6.45) is 0.0245. The second kappa shape index (κ2) is 2.99. The molecule has 2 fully saturated rings. The minimum atomic E-state index is -0.736. The highest BCUT2D eigenvalue weighted by molar-refractivity contribution is 6.15. The fraction of sp³-hybridized carbons (Fsp3) is 0.875. The van der Waals surface area contributed by atoms with Gasteiger partial charge in [0.2, 0.25) is 0 Å². The highest BCUT2D eigenvalue weighted by Gasteiger charge is 2.51. The zero-order valence-corrected chi connectivity index (χ0v) is 7.49. The van der Waals surface area contributed by atoms with Crippen molar-refractivity contribution in [1.82, 2.24) is 0 Å². The molecule has 2 radical (unpaired) electrons. The normalized spacial score (nSPS) is 43.2. The second-order valence-electron chi connectivity index (χ2n) is 3.46. The molecule has 0 N–H and O–H groups in total. The van der Waals surface area contributed by atoms with E-state index < -0.39 is 5.50 Å². The molecule has 2 heterocycles. The Kier molecular flexibility index (Phi) is 2.08. The van der Waals surface area contributed by atoms with Crippen molar-refractivity contribution in [2.75, 3.05) is 13.2 Å². The van der Waals surface area contributed by atoms with Gasteiger partial charge in [-0.1, -0.05) is 0 Å². The summed E-state index contributed by atoms with van der Waals surface area (Å²) in [5.41, 5.74) is -0.736. The number of carbonyl (C=O) groups excluding carboxylic acids is 1. The zero-order chi connectivity index (χ0) is 9.47. The molecule has 2 aliphatic heterocycles. The molecule has 0 aromatic rings. The minimum absolute atomic E-state index is 0.295. The van der Waals surface area contributed by atoms with Crippen molar-refractivity contribution in [1.29, 1.82) is 0 Å². The van der Waals surface area contributed by atoms with Crippen LogP contribution in [0.2, 0.25) is 0 Å². The van der Waals surface area contributed by atoms with E-state index in [1.807, 2.05) is 0 Å². The van der Waals surface area contributed by atoms with E-state index in [0.717, 1.165) is 0 Å². The lowest BCUT2D eigenvalue weighted by atomic mass is 9.76. The van der Waals surface area contributed by atoms with Gasteiger partial charge < -0.3 is 14.2 Å². The van der Waals surface area contributed by atoms with E-state index in [1.54, 1.807) is 0 Å². The highest BCUT2D eigenvalue weighted by Crippen LogP contribution is 2.35. The van der Waals surface area contributed by atoms with Crippen molar-refractivity contribution in [2.24, 2.45) is 0 Å². The number of esters is 1. The molecule has 0 spiro atoms. The van der Waals surface area contributed by atoms with Crippen LogP contribution < -0.4 is 0 Å². The molecule has 5 heteroatoms. The van der Waals surface area contributed by atoms with E-state index >= 15 is 0 Å². The Morgan fingerprint density at radius 1 is 1.69 bits per heavy atom. The van der Waals surface area contributed by atoms with E-state index in [1.165, 1.54) is 6.92 Å². The fourth-order valence-corrected chi connectivity index (χ4v) is 1.84. The van der Waals surface area contributed by atoms with Crippen LogP contribution in [0.3, 0.4) is 0 Å². The van der Waals surface area contributed by atoms with Crippen LogP contribution >= 0.6 is 0 Å². The molecule has 0 amide bonds. The lowest BCUT2D eigenvalue weighted by molar-refractivity contribution is -0.150. The number of fused-ring (bicyclic) bond motifs is 1. The number of ether oxygens (including phenoxy) is 3. The maximum atomic E-state index is 10.7. The molecule has 70 valence electrons. The van der Waals surface area contributed by atoms with Crippen molar-refractivity contribution in [3.63, 3.8) is 0 Å². The van der Waals surface area contributed by atoms with Gasteiger partial charge in [0, 0.05) is 13.5 Å². The van der Waals surface area contributed by atoms with Gasteiger partial charge in [0.1, 0.15) is 14.0 Å². The van der Waals surface area contributed by atoms with Gasteiger partial charge in [0.15, 0.2) is 6.10 Å². The third-order valence-corrected chi connectivity index (χ3v) is 2.44. The van der Waals surface area contributed by atoms with Gasteiger partial charge in [-0.2, -0.15) is 0 Å². The number of hydrogen-bond acceptors (Lipinski definition) is 4. The highest BCUT2D eigenvalue weighted by atomic mass is 16.6. The molecule has 13 heavy (non-hydrogen) atoms. The minimum Gasteiger partial charge on any atom is -0.457 e. The zero-order valence-electron chi connectivity index (χ0n) is 7.49. The van der Waals surface area contributed by atoms with E-state index in [4.69, 9.17) is 22.1 Å². The lowest BCUT2D eigenvalue weighted by Gasteiger charge is -2.22. The first-order valence-corrected chi connectivity index (χ1v) is 4.33. The van der Waals surface area contributed by atoms with Gasteiger partial charge in [0.05, 0.1) is 12.1 Å². The number of hydrogen-bond donors (Lipinski definition) is 0. The SMILES string of the molecule is [B][C@@]12CCO[C@@H]1[C@@H](OC(C)=O)CO2. The van der Waals surface area contributed by atoms with Crippen LogP contribution in [0.1, 0.15) is 13.3 Å². The second-order valence-corrected chi connectivity index (χ2v) is 3.46. The summed E-state index contributed by atoms with van der Waals surface area (Å²) in [4.78, 5) is 10.7. The molecule has 0 aromatic heterocycles. The Hall–Kier alpha value is -0.545. The van der Waals surface area contributed by atoms with Crippen LogP contribution in [-0.2, 0) is 19.0 Å². The molecule has 0 bridgehead atoms. The van der Waals surface area contributed by atoms with Crippen LogP contribution in [0.15, 0.2) is 0 Å². The smallest absolute Gasteiger partial charge is 0.303 e. The molecule has 2 rings (SSSR count). The summed E-state index contributed by atoms with van der Waals surface area (Å²) in [6, 6.07) is 0. The summed E-state index contributed by atoms with van der Waals surface area (Å²) in [6.45, 7) is 2.27. The summed E-state index contributed by atoms with van der Waals surface area (Å²) in [5.74, 6) is -0.326. The fourth-order valence-electron chi connectivity index (χ4n) is 1.84. The first kappa shape index (κ1) is 9.03. The third-order valence-electron chi connectivity index (χ3n) is 2.44. The van der Waals surface area contributed by atoms with Crippen LogP contribution in [0, 0.1) is 0 Å². The molecular weight excluding hydrogens is 171 g/mol. The summed E-state index contributed by atoms with van der Waals surface area (Å²) >= 11 is 0. The Morgan fingerprint density at radius 3 is 3.15 bits per heavy atom. The molecule has 3 atom stereocenters. The lowest BCUT2D eigenvalue weighted by Crippen LogP contribution is -2.40. The first-order chi connectivity index (χ1) is 6.12. The molecule has 2 aliphatic rings. The van der Waals surface area contributed by atoms with E-state index in [-0.39, 0.29) is 18.2 Å². The maximum Gasteiger partial charge on any atom is 0.303 e.